The Hall–Kier alpha value is -3.31. The summed E-state index contributed by atoms with van der Waals surface area (Å²) in [6, 6.07) is 15.8. The maximum absolute atomic E-state index is 12.1. The minimum absolute atomic E-state index is 0.0974. The van der Waals surface area contributed by atoms with E-state index in [1.54, 1.807) is 6.08 Å². The molecule has 5 nitrogen and oxygen atoms in total. The predicted molar refractivity (Wildman–Crippen MR) is 92.1 cm³/mol. The third kappa shape index (κ3) is 3.71. The summed E-state index contributed by atoms with van der Waals surface area (Å²) in [4.78, 5) is 13.3. The van der Waals surface area contributed by atoms with Crippen LogP contribution in [0.3, 0.4) is 0 Å². The Labute approximate surface area is 141 Å². The summed E-state index contributed by atoms with van der Waals surface area (Å²) in [5, 5.41) is 17.5. The highest BCUT2D eigenvalue weighted by atomic mass is 16.2. The number of amides is 1. The molecule has 0 bridgehead atoms. The largest absolute Gasteiger partial charge is 0.318 e. The normalized spacial score (nSPS) is 10.3. The van der Waals surface area contributed by atoms with Crippen molar-refractivity contribution in [1.82, 2.24) is 9.47 Å². The Kier molecular flexibility index (Phi) is 5.54. The first kappa shape index (κ1) is 17.1. The van der Waals surface area contributed by atoms with Gasteiger partial charge in [0.1, 0.15) is 13.1 Å². The average Bonchev–Trinajstić information content (AvgIpc) is 2.87. The molecule has 0 saturated carbocycles. The number of hydrogen-bond donors (Lipinski definition) is 0. The zero-order chi connectivity index (χ0) is 17.5. The van der Waals surface area contributed by atoms with Gasteiger partial charge in [0, 0.05) is 23.2 Å². The fourth-order valence-electron chi connectivity index (χ4n) is 2.58. The van der Waals surface area contributed by atoms with Crippen LogP contribution in [0.25, 0.3) is 11.8 Å². The van der Waals surface area contributed by atoms with Crippen LogP contribution in [0, 0.1) is 36.5 Å². The lowest BCUT2D eigenvalue weighted by atomic mass is 10.2. The molecule has 0 unspecified atom stereocenters. The second kappa shape index (κ2) is 7.80. The number of hydrogen-bond acceptors (Lipinski definition) is 3. The van der Waals surface area contributed by atoms with Gasteiger partial charge in [0.25, 0.3) is 0 Å². The predicted octanol–water partition coefficient (Wildman–Crippen LogP) is 2.98. The van der Waals surface area contributed by atoms with E-state index in [4.69, 9.17) is 10.5 Å². The van der Waals surface area contributed by atoms with Gasteiger partial charge in [0.05, 0.1) is 12.1 Å². The van der Waals surface area contributed by atoms with Crippen molar-refractivity contribution < 1.29 is 4.79 Å². The molecule has 1 aromatic heterocycles. The van der Waals surface area contributed by atoms with Crippen LogP contribution in [0.5, 0.6) is 0 Å². The van der Waals surface area contributed by atoms with E-state index in [1.165, 1.54) is 11.0 Å². The van der Waals surface area contributed by atoms with E-state index in [2.05, 4.69) is 4.57 Å². The highest BCUT2D eigenvalue weighted by Gasteiger charge is 2.11. The van der Waals surface area contributed by atoms with Crippen LogP contribution in [0.1, 0.15) is 17.0 Å². The van der Waals surface area contributed by atoms with E-state index in [1.807, 2.05) is 62.4 Å². The van der Waals surface area contributed by atoms with Gasteiger partial charge in [-0.15, -0.1) is 0 Å². The zero-order valence-corrected chi connectivity index (χ0v) is 13.7. The van der Waals surface area contributed by atoms with Gasteiger partial charge in [-0.25, -0.2) is 0 Å². The molecule has 0 aliphatic heterocycles. The fourth-order valence-corrected chi connectivity index (χ4v) is 2.58. The van der Waals surface area contributed by atoms with Crippen LogP contribution in [0.15, 0.2) is 42.5 Å². The fraction of sp³-hybridized carbons (Fsp3) is 0.211. The molecule has 0 atom stereocenters. The molecule has 0 radical (unpaired) electrons. The zero-order valence-electron chi connectivity index (χ0n) is 13.7. The Morgan fingerprint density at radius 1 is 1.17 bits per heavy atom. The SMILES string of the molecule is Cc1cc(C=CC(=O)N(CC#N)CC#N)c(C)n1-c1ccccc1. The number of carbonyl (C=O) groups is 1. The first-order valence-corrected chi connectivity index (χ1v) is 7.53. The molecule has 1 aromatic carbocycles. The molecule has 0 fully saturated rings. The molecule has 2 rings (SSSR count). The molecule has 1 heterocycles. The summed E-state index contributed by atoms with van der Waals surface area (Å²) in [5.74, 6) is -0.345. The number of benzene rings is 1. The summed E-state index contributed by atoms with van der Waals surface area (Å²) in [6.07, 6.45) is 3.14. The van der Waals surface area contributed by atoms with Crippen molar-refractivity contribution in [2.24, 2.45) is 0 Å². The third-order valence-electron chi connectivity index (χ3n) is 3.72. The van der Waals surface area contributed by atoms with Crippen molar-refractivity contribution in [3.8, 4) is 17.8 Å². The highest BCUT2D eigenvalue weighted by Crippen LogP contribution is 2.21. The van der Waals surface area contributed by atoms with Crippen LogP contribution in [-0.2, 0) is 4.79 Å². The minimum Gasteiger partial charge on any atom is -0.318 e. The average molecular weight is 318 g/mol. The van der Waals surface area contributed by atoms with Crippen molar-refractivity contribution >= 4 is 12.0 Å². The van der Waals surface area contributed by atoms with Gasteiger partial charge in [-0.1, -0.05) is 18.2 Å². The number of rotatable bonds is 5. The van der Waals surface area contributed by atoms with E-state index in [9.17, 15) is 4.79 Å². The van der Waals surface area contributed by atoms with Crippen molar-refractivity contribution in [3.05, 3.63) is 59.4 Å². The number of nitriles is 2. The van der Waals surface area contributed by atoms with Crippen molar-refractivity contribution in [2.75, 3.05) is 13.1 Å². The Morgan fingerprint density at radius 3 is 2.38 bits per heavy atom. The van der Waals surface area contributed by atoms with Gasteiger partial charge in [-0.3, -0.25) is 4.79 Å². The quantitative estimate of drug-likeness (QED) is 0.628. The summed E-state index contributed by atoms with van der Waals surface area (Å²) < 4.78 is 2.12. The first-order chi connectivity index (χ1) is 11.6. The van der Waals surface area contributed by atoms with Gasteiger partial charge in [-0.05, 0) is 43.7 Å². The maximum atomic E-state index is 12.1. The van der Waals surface area contributed by atoms with Crippen LogP contribution < -0.4 is 0 Å². The molecular weight excluding hydrogens is 300 g/mol. The highest BCUT2D eigenvalue weighted by molar-refractivity contribution is 5.92. The van der Waals surface area contributed by atoms with Crippen LogP contribution in [0.2, 0.25) is 0 Å². The topological polar surface area (TPSA) is 72.8 Å². The smallest absolute Gasteiger partial charge is 0.248 e. The Balaban J connectivity index is 2.27. The van der Waals surface area contributed by atoms with E-state index in [-0.39, 0.29) is 19.0 Å². The van der Waals surface area contributed by atoms with Gasteiger partial charge in [0.2, 0.25) is 5.91 Å². The van der Waals surface area contributed by atoms with Gasteiger partial charge in [0.15, 0.2) is 0 Å². The van der Waals surface area contributed by atoms with Gasteiger partial charge < -0.3 is 9.47 Å². The second-order valence-corrected chi connectivity index (χ2v) is 5.34. The molecule has 24 heavy (non-hydrogen) atoms. The molecule has 120 valence electrons. The maximum Gasteiger partial charge on any atom is 0.248 e. The number of aryl methyl sites for hydroxylation is 1. The number of nitrogens with zero attached hydrogens (tertiary/aromatic N) is 4. The third-order valence-corrected chi connectivity index (χ3v) is 3.72. The van der Waals surface area contributed by atoms with Crippen LogP contribution in [-0.4, -0.2) is 28.5 Å². The number of carbonyl (C=O) groups excluding carboxylic acids is 1. The number of aromatic nitrogens is 1. The second-order valence-electron chi connectivity index (χ2n) is 5.34. The summed E-state index contributed by atoms with van der Waals surface area (Å²) in [6.45, 7) is 3.81. The van der Waals surface area contributed by atoms with Gasteiger partial charge >= 0.3 is 0 Å². The molecule has 0 N–H and O–H groups in total. The first-order valence-electron chi connectivity index (χ1n) is 7.53. The monoisotopic (exact) mass is 318 g/mol. The lowest BCUT2D eigenvalue weighted by molar-refractivity contribution is -0.124. The molecule has 0 saturated heterocycles. The molecule has 2 aromatic rings. The molecule has 5 heteroatoms. The van der Waals surface area contributed by atoms with E-state index < -0.39 is 0 Å². The Bertz CT molecular complexity index is 819. The standard InChI is InChI=1S/C19H18N4O/c1-15-14-17(8-9-19(24)22(12-10-20)13-11-21)16(2)23(15)18-6-4-3-5-7-18/h3-9,14H,12-13H2,1-2H3. The lowest BCUT2D eigenvalue weighted by Gasteiger charge is -2.12. The molecule has 1 amide bonds. The summed E-state index contributed by atoms with van der Waals surface area (Å²) >= 11 is 0. The molecule has 0 aliphatic carbocycles. The molecule has 0 spiro atoms. The summed E-state index contributed by atoms with van der Waals surface area (Å²) in [5.41, 5.74) is 4.08. The molecular formula is C19H18N4O. The van der Waals surface area contributed by atoms with Crippen molar-refractivity contribution in [3.63, 3.8) is 0 Å². The van der Waals surface area contributed by atoms with E-state index >= 15 is 0 Å². The minimum atomic E-state index is -0.345. The summed E-state index contributed by atoms with van der Waals surface area (Å²) in [7, 11) is 0. The molecule has 0 aliphatic rings. The van der Waals surface area contributed by atoms with Gasteiger partial charge in [-0.2, -0.15) is 10.5 Å². The van der Waals surface area contributed by atoms with E-state index in [0.717, 1.165) is 22.6 Å². The van der Waals surface area contributed by atoms with Crippen molar-refractivity contribution in [1.29, 1.82) is 10.5 Å². The van der Waals surface area contributed by atoms with Crippen LogP contribution >= 0.6 is 0 Å². The Morgan fingerprint density at radius 2 is 1.79 bits per heavy atom. The lowest BCUT2D eigenvalue weighted by Crippen LogP contribution is -2.30. The van der Waals surface area contributed by atoms with E-state index in [0.29, 0.717) is 0 Å². The van der Waals surface area contributed by atoms with Crippen molar-refractivity contribution in [2.45, 2.75) is 13.8 Å². The van der Waals surface area contributed by atoms with Crippen LogP contribution in [0.4, 0.5) is 0 Å². The number of para-hydroxylation sites is 1.